The number of rotatable bonds is 6. The zero-order valence-electron chi connectivity index (χ0n) is 17.7. The molecule has 0 aliphatic heterocycles. The van der Waals surface area contributed by atoms with Crippen LogP contribution in [-0.2, 0) is 20.0 Å². The maximum Gasteiger partial charge on any atom is 0.298 e. The van der Waals surface area contributed by atoms with Gasteiger partial charge in [-0.2, -0.15) is 8.42 Å². The Bertz CT molecular complexity index is 1560. The summed E-state index contributed by atoms with van der Waals surface area (Å²) in [6.45, 7) is 2.02. The van der Waals surface area contributed by atoms with Crippen LogP contribution in [0.3, 0.4) is 0 Å². The maximum absolute atomic E-state index is 13.0. The molecule has 0 unspecified atom stereocenters. The average molecular weight is 485 g/mol. The minimum Gasteiger partial charge on any atom is -0.495 e. The Morgan fingerprint density at radius 2 is 1.30 bits per heavy atom. The average Bonchev–Trinajstić information content (AvgIpc) is 2.78. The van der Waals surface area contributed by atoms with E-state index in [0.29, 0.717) is 11.5 Å². The predicted molar refractivity (Wildman–Crippen MR) is 123 cm³/mol. The van der Waals surface area contributed by atoms with E-state index < -0.39 is 24.9 Å². The third kappa shape index (κ3) is 4.70. The Hall–Kier alpha value is -3.40. The molecule has 33 heavy (non-hydrogen) atoms. The molecule has 0 radical (unpaired) electrons. The molecular weight excluding hydrogens is 464 g/mol. The zero-order valence-corrected chi connectivity index (χ0v) is 19.4. The van der Waals surface area contributed by atoms with Crippen LogP contribution in [0.4, 0.5) is 0 Å². The van der Waals surface area contributed by atoms with Crippen LogP contribution in [0.15, 0.2) is 93.5 Å². The Balaban J connectivity index is 1.62. The first-order chi connectivity index (χ1) is 15.6. The number of hydrogen-bond donors (Lipinski definition) is 1. The van der Waals surface area contributed by atoms with Crippen LogP contribution in [0, 0.1) is 6.92 Å². The molecule has 0 amide bonds. The van der Waals surface area contributed by atoms with Crippen molar-refractivity contribution in [3.63, 3.8) is 0 Å². The van der Waals surface area contributed by atoms with Crippen LogP contribution in [-0.4, -0.2) is 28.5 Å². The second-order valence-electron chi connectivity index (χ2n) is 7.38. The Morgan fingerprint density at radius 3 is 1.97 bits per heavy atom. The van der Waals surface area contributed by atoms with Gasteiger partial charge in [0.15, 0.2) is 0 Å². The summed E-state index contributed by atoms with van der Waals surface area (Å²) in [5.74, 6) is 0.884. The lowest BCUT2D eigenvalue weighted by molar-refractivity contribution is 0.397. The topological polar surface area (TPSA) is 107 Å². The number of aryl methyl sites for hydroxylation is 1. The standard InChI is InChI=1S/C24H20O7S2/c1-16-3-4-18-14-20(6-5-17(18)13-16)31-19-7-9-21(10-8-19)32(25,26)22-11-12-23(30-2)24(15-22)33(27,28)29/h3-15H,1-2H3,(H,27,28,29). The van der Waals surface area contributed by atoms with Gasteiger partial charge < -0.3 is 9.47 Å². The van der Waals surface area contributed by atoms with Crippen LogP contribution < -0.4 is 9.47 Å². The summed E-state index contributed by atoms with van der Waals surface area (Å²) in [6, 6.07) is 20.8. The van der Waals surface area contributed by atoms with Crippen LogP contribution in [0.25, 0.3) is 10.8 Å². The fourth-order valence-corrected chi connectivity index (χ4v) is 5.43. The minimum absolute atomic E-state index is 0.0599. The van der Waals surface area contributed by atoms with E-state index in [9.17, 15) is 21.4 Å². The Morgan fingerprint density at radius 1 is 0.697 bits per heavy atom. The second kappa shape index (κ2) is 8.51. The summed E-state index contributed by atoms with van der Waals surface area (Å²) in [4.78, 5) is -0.984. The molecule has 0 spiro atoms. The van der Waals surface area contributed by atoms with Crippen molar-refractivity contribution in [1.82, 2.24) is 0 Å². The number of hydrogen-bond acceptors (Lipinski definition) is 6. The highest BCUT2D eigenvalue weighted by molar-refractivity contribution is 7.91. The van der Waals surface area contributed by atoms with E-state index in [2.05, 4.69) is 6.07 Å². The molecule has 170 valence electrons. The maximum atomic E-state index is 13.0. The number of methoxy groups -OCH3 is 1. The molecule has 1 N–H and O–H groups in total. The second-order valence-corrected chi connectivity index (χ2v) is 10.7. The van der Waals surface area contributed by atoms with Crippen LogP contribution in [0.5, 0.6) is 17.2 Å². The first-order valence-corrected chi connectivity index (χ1v) is 12.7. The fraction of sp³-hybridized carbons (Fsp3) is 0.0833. The van der Waals surface area contributed by atoms with E-state index in [1.807, 2.05) is 37.3 Å². The van der Waals surface area contributed by atoms with Gasteiger partial charge in [0.2, 0.25) is 9.84 Å². The van der Waals surface area contributed by atoms with Crippen LogP contribution in [0.1, 0.15) is 5.56 Å². The van der Waals surface area contributed by atoms with Gasteiger partial charge in [0.1, 0.15) is 22.1 Å². The third-order valence-corrected chi connectivity index (χ3v) is 7.70. The van der Waals surface area contributed by atoms with Gasteiger partial charge in [-0.25, -0.2) is 8.42 Å². The van der Waals surface area contributed by atoms with E-state index in [4.69, 9.17) is 9.47 Å². The molecule has 9 heteroatoms. The van der Waals surface area contributed by atoms with Gasteiger partial charge >= 0.3 is 0 Å². The molecule has 0 saturated carbocycles. The summed E-state index contributed by atoms with van der Waals surface area (Å²) >= 11 is 0. The summed E-state index contributed by atoms with van der Waals surface area (Å²) in [6.07, 6.45) is 0. The SMILES string of the molecule is COc1ccc(S(=O)(=O)c2ccc(Oc3ccc4cc(C)ccc4c3)cc2)cc1S(=O)(=O)O. The normalized spacial score (nSPS) is 12.0. The molecule has 0 aromatic heterocycles. The van der Waals surface area contributed by atoms with Gasteiger partial charge in [-0.15, -0.1) is 0 Å². The smallest absolute Gasteiger partial charge is 0.298 e. The molecular formula is C24H20O7S2. The van der Waals surface area contributed by atoms with Gasteiger partial charge in [0.05, 0.1) is 16.9 Å². The van der Waals surface area contributed by atoms with Crippen molar-refractivity contribution in [2.24, 2.45) is 0 Å². The first-order valence-electron chi connectivity index (χ1n) is 9.77. The zero-order chi connectivity index (χ0) is 23.8. The Labute approximate surface area is 191 Å². The van der Waals surface area contributed by atoms with Crippen LogP contribution in [0.2, 0.25) is 0 Å². The summed E-state index contributed by atoms with van der Waals surface area (Å²) in [5.41, 5.74) is 1.16. The lowest BCUT2D eigenvalue weighted by Crippen LogP contribution is -2.06. The van der Waals surface area contributed by atoms with Gasteiger partial charge in [-0.05, 0) is 72.3 Å². The molecule has 0 aliphatic carbocycles. The van der Waals surface area contributed by atoms with Gasteiger partial charge in [0, 0.05) is 0 Å². The molecule has 4 rings (SSSR count). The molecule has 4 aromatic carbocycles. The van der Waals surface area contributed by atoms with Crippen molar-refractivity contribution in [2.45, 2.75) is 21.6 Å². The van der Waals surface area contributed by atoms with E-state index in [1.165, 1.54) is 43.5 Å². The monoisotopic (exact) mass is 484 g/mol. The predicted octanol–water partition coefficient (Wildman–Crippen LogP) is 5.03. The molecule has 4 aromatic rings. The van der Waals surface area contributed by atoms with E-state index in [-0.39, 0.29) is 15.5 Å². The van der Waals surface area contributed by atoms with Crippen LogP contribution >= 0.6 is 0 Å². The number of ether oxygens (including phenoxy) is 2. The summed E-state index contributed by atoms with van der Waals surface area (Å²) in [7, 11) is -7.52. The van der Waals surface area contributed by atoms with Crippen molar-refractivity contribution >= 4 is 30.7 Å². The summed E-state index contributed by atoms with van der Waals surface area (Å²) < 4.78 is 69.4. The molecule has 0 heterocycles. The summed E-state index contributed by atoms with van der Waals surface area (Å²) in [5, 5.41) is 2.11. The highest BCUT2D eigenvalue weighted by Gasteiger charge is 2.24. The van der Waals surface area contributed by atoms with Gasteiger partial charge in [-0.1, -0.05) is 29.8 Å². The number of benzene rings is 4. The quantitative estimate of drug-likeness (QED) is 0.383. The molecule has 0 bridgehead atoms. The molecule has 0 aliphatic rings. The molecule has 7 nitrogen and oxygen atoms in total. The number of fused-ring (bicyclic) bond motifs is 1. The highest BCUT2D eigenvalue weighted by Crippen LogP contribution is 2.31. The minimum atomic E-state index is -4.68. The lowest BCUT2D eigenvalue weighted by atomic mass is 10.1. The van der Waals surface area contributed by atoms with Crippen molar-refractivity contribution in [3.05, 3.63) is 84.4 Å². The third-order valence-electron chi connectivity index (χ3n) is 5.06. The molecule has 0 saturated heterocycles. The van der Waals surface area contributed by atoms with E-state index in [1.54, 1.807) is 0 Å². The van der Waals surface area contributed by atoms with Crippen molar-refractivity contribution < 1.29 is 30.9 Å². The highest BCUT2D eigenvalue weighted by atomic mass is 32.2. The number of sulfone groups is 1. The largest absolute Gasteiger partial charge is 0.495 e. The van der Waals surface area contributed by atoms with Crippen molar-refractivity contribution in [2.75, 3.05) is 7.11 Å². The lowest BCUT2D eigenvalue weighted by Gasteiger charge is -2.11. The van der Waals surface area contributed by atoms with E-state index >= 15 is 0 Å². The fourth-order valence-electron chi connectivity index (χ4n) is 3.39. The van der Waals surface area contributed by atoms with Gasteiger partial charge in [0.25, 0.3) is 10.1 Å². The molecule has 0 fully saturated rings. The van der Waals surface area contributed by atoms with E-state index in [0.717, 1.165) is 22.4 Å². The Kier molecular flexibility index (Phi) is 5.87. The van der Waals surface area contributed by atoms with Gasteiger partial charge in [-0.3, -0.25) is 4.55 Å². The van der Waals surface area contributed by atoms with Crippen molar-refractivity contribution in [3.8, 4) is 17.2 Å². The first kappa shape index (κ1) is 22.8. The molecule has 0 atom stereocenters. The van der Waals surface area contributed by atoms with Crippen molar-refractivity contribution in [1.29, 1.82) is 0 Å².